The van der Waals surface area contributed by atoms with Gasteiger partial charge in [-0.25, -0.2) is 0 Å². The maximum atomic E-state index is 12.6. The van der Waals surface area contributed by atoms with Gasteiger partial charge in [0.25, 0.3) is 5.91 Å². The normalized spacial score (nSPS) is 19.1. The van der Waals surface area contributed by atoms with Gasteiger partial charge in [-0.2, -0.15) is 5.10 Å². The number of aryl methyl sites for hydroxylation is 1. The summed E-state index contributed by atoms with van der Waals surface area (Å²) in [6.07, 6.45) is 6.93. The molecule has 2 aromatic heterocycles. The van der Waals surface area contributed by atoms with E-state index < -0.39 is 0 Å². The second-order valence-corrected chi connectivity index (χ2v) is 4.91. The molecule has 0 saturated carbocycles. The first kappa shape index (κ1) is 12.8. The predicted octanol–water partition coefficient (Wildman–Crippen LogP) is 0.602. The molecule has 1 amide bonds. The van der Waals surface area contributed by atoms with Crippen LogP contribution in [0.25, 0.3) is 0 Å². The average molecular weight is 271 g/mol. The molecule has 104 valence electrons. The highest BCUT2D eigenvalue weighted by atomic mass is 16.2. The number of rotatable bonds is 2. The smallest absolute Gasteiger partial charge is 0.257 e. The van der Waals surface area contributed by atoms with Crippen LogP contribution in [-0.2, 0) is 7.05 Å². The largest absolute Gasteiger partial charge is 0.329 e. The molecule has 1 aliphatic heterocycles. The van der Waals surface area contributed by atoms with Crippen molar-refractivity contribution in [1.82, 2.24) is 25.0 Å². The van der Waals surface area contributed by atoms with E-state index in [-0.39, 0.29) is 11.9 Å². The molecule has 0 bridgehead atoms. The number of carbonyl (C=O) groups excluding carboxylic acids is 1. The first-order chi connectivity index (χ1) is 9.75. The van der Waals surface area contributed by atoms with Gasteiger partial charge in [-0.05, 0) is 11.6 Å². The Labute approximate surface area is 117 Å². The van der Waals surface area contributed by atoms with E-state index in [1.807, 2.05) is 30.3 Å². The molecule has 1 N–H and O–H groups in total. The van der Waals surface area contributed by atoms with Gasteiger partial charge in [0.05, 0.1) is 17.8 Å². The summed E-state index contributed by atoms with van der Waals surface area (Å²) < 4.78 is 1.65. The molecule has 1 unspecified atom stereocenters. The summed E-state index contributed by atoms with van der Waals surface area (Å²) in [4.78, 5) is 18.7. The Morgan fingerprint density at radius 1 is 1.45 bits per heavy atom. The minimum absolute atomic E-state index is 0.0187. The molecular formula is C14H17N5O. The molecule has 6 nitrogen and oxygen atoms in total. The summed E-state index contributed by atoms with van der Waals surface area (Å²) in [6.45, 7) is 2.24. The van der Waals surface area contributed by atoms with Gasteiger partial charge in [0.15, 0.2) is 0 Å². The lowest BCUT2D eigenvalue weighted by Crippen LogP contribution is -2.48. The van der Waals surface area contributed by atoms with Crippen LogP contribution in [0.1, 0.15) is 22.0 Å². The van der Waals surface area contributed by atoms with Crippen LogP contribution in [0.5, 0.6) is 0 Å². The van der Waals surface area contributed by atoms with Crippen molar-refractivity contribution in [3.63, 3.8) is 0 Å². The van der Waals surface area contributed by atoms with Crippen LogP contribution in [0.15, 0.2) is 36.9 Å². The lowest BCUT2D eigenvalue weighted by molar-refractivity contribution is 0.0634. The Bertz CT molecular complexity index is 595. The Balaban J connectivity index is 1.87. The Morgan fingerprint density at radius 3 is 3.05 bits per heavy atom. The lowest BCUT2D eigenvalue weighted by atomic mass is 10.0. The van der Waals surface area contributed by atoms with Crippen molar-refractivity contribution in [2.45, 2.75) is 6.04 Å². The highest BCUT2D eigenvalue weighted by molar-refractivity contribution is 5.94. The van der Waals surface area contributed by atoms with Crippen molar-refractivity contribution in [3.05, 3.63) is 48.0 Å². The zero-order valence-corrected chi connectivity index (χ0v) is 11.4. The molecule has 1 aliphatic rings. The second-order valence-electron chi connectivity index (χ2n) is 4.91. The summed E-state index contributed by atoms with van der Waals surface area (Å²) in [5.41, 5.74) is 1.68. The monoisotopic (exact) mass is 271 g/mol. The third kappa shape index (κ3) is 2.42. The number of hydrogen-bond donors (Lipinski definition) is 1. The van der Waals surface area contributed by atoms with Crippen LogP contribution in [0, 0.1) is 0 Å². The average Bonchev–Trinajstić information content (AvgIpc) is 2.94. The number of aromatic nitrogens is 3. The molecule has 3 rings (SSSR count). The number of piperazine rings is 1. The quantitative estimate of drug-likeness (QED) is 0.869. The summed E-state index contributed by atoms with van der Waals surface area (Å²) >= 11 is 0. The molecule has 6 heteroatoms. The SMILES string of the molecule is Cn1cc(C(=O)N2CCNCC2c2cccnc2)cn1. The second kappa shape index (κ2) is 5.42. The predicted molar refractivity (Wildman–Crippen MR) is 74.1 cm³/mol. The molecule has 0 radical (unpaired) electrons. The first-order valence-corrected chi connectivity index (χ1v) is 6.66. The van der Waals surface area contributed by atoms with E-state index in [1.165, 1.54) is 0 Å². The van der Waals surface area contributed by atoms with Crippen molar-refractivity contribution in [2.75, 3.05) is 19.6 Å². The van der Waals surface area contributed by atoms with E-state index >= 15 is 0 Å². The highest BCUT2D eigenvalue weighted by Gasteiger charge is 2.29. The van der Waals surface area contributed by atoms with Crippen molar-refractivity contribution in [2.24, 2.45) is 7.05 Å². The first-order valence-electron chi connectivity index (χ1n) is 6.66. The third-order valence-corrected chi connectivity index (χ3v) is 3.53. The van der Waals surface area contributed by atoms with Gasteiger partial charge < -0.3 is 10.2 Å². The zero-order chi connectivity index (χ0) is 13.9. The van der Waals surface area contributed by atoms with Gasteiger partial charge in [0.1, 0.15) is 0 Å². The summed E-state index contributed by atoms with van der Waals surface area (Å²) in [5.74, 6) is 0.0217. The molecule has 1 atom stereocenters. The standard InChI is InChI=1S/C14H17N5O/c1-18-10-12(8-17-18)14(20)19-6-5-16-9-13(19)11-3-2-4-15-7-11/h2-4,7-8,10,13,16H,5-6,9H2,1H3. The number of nitrogens with one attached hydrogen (secondary N) is 1. The Kier molecular flexibility index (Phi) is 3.47. The number of nitrogens with zero attached hydrogens (tertiary/aromatic N) is 4. The van der Waals surface area contributed by atoms with Crippen LogP contribution in [-0.4, -0.2) is 45.2 Å². The topological polar surface area (TPSA) is 63.1 Å². The molecule has 1 saturated heterocycles. The molecule has 0 aliphatic carbocycles. The van der Waals surface area contributed by atoms with Crippen LogP contribution >= 0.6 is 0 Å². The number of hydrogen-bond acceptors (Lipinski definition) is 4. The molecular weight excluding hydrogens is 254 g/mol. The Hall–Kier alpha value is -2.21. The summed E-state index contributed by atoms with van der Waals surface area (Å²) in [6, 6.07) is 3.93. The fraction of sp³-hybridized carbons (Fsp3) is 0.357. The number of amides is 1. The molecule has 2 aromatic rings. The summed E-state index contributed by atoms with van der Waals surface area (Å²) in [7, 11) is 1.81. The molecule has 20 heavy (non-hydrogen) atoms. The number of pyridine rings is 1. The van der Waals surface area contributed by atoms with E-state index in [0.29, 0.717) is 12.1 Å². The zero-order valence-electron chi connectivity index (χ0n) is 11.4. The minimum atomic E-state index is 0.0187. The van der Waals surface area contributed by atoms with Crippen LogP contribution in [0.2, 0.25) is 0 Å². The van der Waals surface area contributed by atoms with Crippen molar-refractivity contribution in [3.8, 4) is 0 Å². The maximum Gasteiger partial charge on any atom is 0.257 e. The molecule has 1 fully saturated rings. The van der Waals surface area contributed by atoms with E-state index in [1.54, 1.807) is 23.3 Å². The van der Waals surface area contributed by atoms with Crippen molar-refractivity contribution < 1.29 is 4.79 Å². The van der Waals surface area contributed by atoms with Gasteiger partial charge in [0.2, 0.25) is 0 Å². The van der Waals surface area contributed by atoms with Crippen LogP contribution < -0.4 is 5.32 Å². The molecule has 0 spiro atoms. The van der Waals surface area contributed by atoms with E-state index in [0.717, 1.165) is 18.7 Å². The van der Waals surface area contributed by atoms with Gasteiger partial charge in [0, 0.05) is 45.3 Å². The van der Waals surface area contributed by atoms with Gasteiger partial charge >= 0.3 is 0 Å². The Morgan fingerprint density at radius 2 is 2.35 bits per heavy atom. The fourth-order valence-corrected chi connectivity index (χ4v) is 2.52. The summed E-state index contributed by atoms with van der Waals surface area (Å²) in [5, 5.41) is 7.40. The third-order valence-electron chi connectivity index (χ3n) is 3.53. The van der Waals surface area contributed by atoms with Crippen molar-refractivity contribution in [1.29, 1.82) is 0 Å². The van der Waals surface area contributed by atoms with Crippen molar-refractivity contribution >= 4 is 5.91 Å². The van der Waals surface area contributed by atoms with Gasteiger partial charge in [-0.1, -0.05) is 6.07 Å². The minimum Gasteiger partial charge on any atom is -0.329 e. The van der Waals surface area contributed by atoms with Gasteiger partial charge in [-0.15, -0.1) is 0 Å². The lowest BCUT2D eigenvalue weighted by Gasteiger charge is -2.36. The van der Waals surface area contributed by atoms with E-state index in [4.69, 9.17) is 0 Å². The molecule has 3 heterocycles. The van der Waals surface area contributed by atoms with Crippen LogP contribution in [0.4, 0.5) is 0 Å². The maximum absolute atomic E-state index is 12.6. The van der Waals surface area contributed by atoms with Crippen LogP contribution in [0.3, 0.4) is 0 Å². The van der Waals surface area contributed by atoms with Gasteiger partial charge in [-0.3, -0.25) is 14.5 Å². The highest BCUT2D eigenvalue weighted by Crippen LogP contribution is 2.23. The van der Waals surface area contributed by atoms with E-state index in [9.17, 15) is 4.79 Å². The fourth-order valence-electron chi connectivity index (χ4n) is 2.52. The number of carbonyl (C=O) groups is 1. The van der Waals surface area contributed by atoms with E-state index in [2.05, 4.69) is 15.4 Å². The molecule has 0 aromatic carbocycles.